The van der Waals surface area contributed by atoms with E-state index in [0.717, 1.165) is 30.2 Å². The summed E-state index contributed by atoms with van der Waals surface area (Å²) in [6, 6.07) is 6.81. The van der Waals surface area contributed by atoms with E-state index >= 15 is 0 Å². The van der Waals surface area contributed by atoms with Gasteiger partial charge < -0.3 is 10.2 Å². The monoisotopic (exact) mass is 266 g/mol. The summed E-state index contributed by atoms with van der Waals surface area (Å²) in [7, 11) is 0. The molecule has 1 aliphatic rings. The molecule has 0 amide bonds. The van der Waals surface area contributed by atoms with Gasteiger partial charge in [0.15, 0.2) is 0 Å². The molecule has 2 atom stereocenters. The molecule has 100 valence electrons. The van der Waals surface area contributed by atoms with Crippen LogP contribution in [0.25, 0.3) is 0 Å². The van der Waals surface area contributed by atoms with E-state index in [2.05, 4.69) is 56.1 Å². The predicted octanol–water partition coefficient (Wildman–Crippen LogP) is 3.62. The fourth-order valence-electron chi connectivity index (χ4n) is 2.50. The lowest BCUT2D eigenvalue weighted by atomic mass is 9.93. The first-order valence-electron chi connectivity index (χ1n) is 6.73. The van der Waals surface area contributed by atoms with Crippen molar-refractivity contribution in [2.45, 2.75) is 45.7 Å². The van der Waals surface area contributed by atoms with Crippen molar-refractivity contribution in [1.29, 1.82) is 0 Å². The Balaban J connectivity index is 2.30. The number of hydrogen-bond acceptors (Lipinski definition) is 2. The van der Waals surface area contributed by atoms with Gasteiger partial charge in [-0.1, -0.05) is 24.6 Å². The van der Waals surface area contributed by atoms with Crippen LogP contribution in [-0.2, 0) is 0 Å². The van der Waals surface area contributed by atoms with Crippen LogP contribution >= 0.6 is 11.6 Å². The normalized spacial score (nSPS) is 28.5. The quantitative estimate of drug-likeness (QED) is 0.880. The third-order valence-electron chi connectivity index (χ3n) is 4.07. The van der Waals surface area contributed by atoms with Crippen molar-refractivity contribution >= 4 is 17.3 Å². The summed E-state index contributed by atoms with van der Waals surface area (Å²) in [4.78, 5) is 2.43. The van der Waals surface area contributed by atoms with Crippen molar-refractivity contribution in [3.63, 3.8) is 0 Å². The Bertz CT molecular complexity index is 433. The molecule has 0 radical (unpaired) electrons. The number of nitrogens with zero attached hydrogens (tertiary/aromatic N) is 1. The lowest BCUT2D eigenvalue weighted by Crippen LogP contribution is -2.62. The maximum atomic E-state index is 6.40. The van der Waals surface area contributed by atoms with Gasteiger partial charge in [-0.2, -0.15) is 0 Å². The smallest absolute Gasteiger partial charge is 0.0642 e. The van der Waals surface area contributed by atoms with E-state index in [1.54, 1.807) is 0 Å². The van der Waals surface area contributed by atoms with Crippen LogP contribution in [0, 0.1) is 6.92 Å². The van der Waals surface area contributed by atoms with Gasteiger partial charge in [0.2, 0.25) is 0 Å². The molecule has 0 aliphatic carbocycles. The van der Waals surface area contributed by atoms with Crippen LogP contribution in [-0.4, -0.2) is 24.7 Å². The Kier molecular flexibility index (Phi) is 3.88. The Labute approximate surface area is 115 Å². The zero-order chi connectivity index (χ0) is 13.3. The maximum Gasteiger partial charge on any atom is 0.0642 e. The number of aryl methyl sites for hydroxylation is 1. The van der Waals surface area contributed by atoms with Gasteiger partial charge in [-0.3, -0.25) is 0 Å². The molecule has 1 N–H and O–H groups in total. The van der Waals surface area contributed by atoms with E-state index in [0.29, 0.717) is 6.04 Å². The maximum absolute atomic E-state index is 6.40. The summed E-state index contributed by atoms with van der Waals surface area (Å²) in [5, 5.41) is 4.50. The van der Waals surface area contributed by atoms with Gasteiger partial charge in [0.05, 0.1) is 10.7 Å². The molecule has 0 saturated carbocycles. The van der Waals surface area contributed by atoms with Crippen LogP contribution < -0.4 is 10.2 Å². The van der Waals surface area contributed by atoms with Crippen molar-refractivity contribution in [2.24, 2.45) is 0 Å². The lowest BCUT2D eigenvalue weighted by molar-refractivity contribution is 0.285. The van der Waals surface area contributed by atoms with Crippen molar-refractivity contribution in [1.82, 2.24) is 5.32 Å². The number of nitrogens with one attached hydrogen (secondary N) is 1. The van der Waals surface area contributed by atoms with Crippen molar-refractivity contribution in [2.75, 3.05) is 18.0 Å². The van der Waals surface area contributed by atoms with Crippen LogP contribution in [0.15, 0.2) is 18.2 Å². The topological polar surface area (TPSA) is 15.3 Å². The number of halogens is 1. The predicted molar refractivity (Wildman–Crippen MR) is 79.7 cm³/mol. The summed E-state index contributed by atoms with van der Waals surface area (Å²) < 4.78 is 0. The number of hydrogen-bond donors (Lipinski definition) is 1. The minimum atomic E-state index is 0.181. The molecule has 1 heterocycles. The van der Waals surface area contributed by atoms with Gasteiger partial charge >= 0.3 is 0 Å². The number of benzene rings is 1. The summed E-state index contributed by atoms with van der Waals surface area (Å²) in [6.07, 6.45) is 1.12. The van der Waals surface area contributed by atoms with Crippen LogP contribution in [0.5, 0.6) is 0 Å². The molecular weight excluding hydrogens is 244 g/mol. The summed E-state index contributed by atoms with van der Waals surface area (Å²) >= 11 is 6.40. The molecule has 3 heteroatoms. The minimum absolute atomic E-state index is 0.181. The molecule has 2 rings (SSSR count). The Morgan fingerprint density at radius 1 is 1.50 bits per heavy atom. The first-order chi connectivity index (χ1) is 8.45. The zero-order valence-electron chi connectivity index (χ0n) is 11.8. The van der Waals surface area contributed by atoms with Crippen LogP contribution in [0.4, 0.5) is 5.69 Å². The van der Waals surface area contributed by atoms with Crippen LogP contribution in [0.2, 0.25) is 5.02 Å². The summed E-state index contributed by atoms with van der Waals surface area (Å²) in [5.41, 5.74) is 2.56. The van der Waals surface area contributed by atoms with E-state index in [9.17, 15) is 0 Å². The second kappa shape index (κ2) is 5.10. The molecule has 2 unspecified atom stereocenters. The van der Waals surface area contributed by atoms with Crippen molar-refractivity contribution in [3.05, 3.63) is 28.8 Å². The third-order valence-corrected chi connectivity index (χ3v) is 4.37. The second-order valence-electron chi connectivity index (χ2n) is 5.73. The highest BCUT2D eigenvalue weighted by Gasteiger charge is 2.33. The lowest BCUT2D eigenvalue weighted by Gasteiger charge is -2.46. The molecule has 0 spiro atoms. The molecule has 1 aromatic carbocycles. The van der Waals surface area contributed by atoms with Gasteiger partial charge in [0, 0.05) is 24.7 Å². The summed E-state index contributed by atoms with van der Waals surface area (Å²) in [6.45, 7) is 10.9. The van der Waals surface area contributed by atoms with E-state index in [4.69, 9.17) is 11.6 Å². The van der Waals surface area contributed by atoms with Gasteiger partial charge in [0.1, 0.15) is 0 Å². The Morgan fingerprint density at radius 2 is 2.22 bits per heavy atom. The number of rotatable bonds is 2. The SMILES string of the molecule is CCC1(C)CN(c2ccc(C)cc2Cl)C(C)CN1. The first-order valence-corrected chi connectivity index (χ1v) is 7.11. The second-order valence-corrected chi connectivity index (χ2v) is 6.13. The zero-order valence-corrected chi connectivity index (χ0v) is 12.5. The highest BCUT2D eigenvalue weighted by molar-refractivity contribution is 6.33. The standard InChI is InChI=1S/C15H23ClN2/c1-5-15(4)10-18(12(3)9-17-15)14-7-6-11(2)8-13(14)16/h6-8,12,17H,5,9-10H2,1-4H3. The third kappa shape index (κ3) is 2.65. The molecule has 1 fully saturated rings. The average Bonchev–Trinajstić information content (AvgIpc) is 2.33. The van der Waals surface area contributed by atoms with Gasteiger partial charge in [0.25, 0.3) is 0 Å². The molecule has 0 aromatic heterocycles. The van der Waals surface area contributed by atoms with Gasteiger partial charge in [-0.05, 0) is 44.9 Å². The fraction of sp³-hybridized carbons (Fsp3) is 0.600. The number of piperazine rings is 1. The van der Waals surface area contributed by atoms with E-state index in [1.807, 2.05) is 0 Å². The highest BCUT2D eigenvalue weighted by Crippen LogP contribution is 2.31. The Morgan fingerprint density at radius 3 is 2.83 bits per heavy atom. The molecule has 1 saturated heterocycles. The Hall–Kier alpha value is -0.730. The van der Waals surface area contributed by atoms with Gasteiger partial charge in [-0.15, -0.1) is 0 Å². The average molecular weight is 267 g/mol. The number of anilines is 1. The molecule has 0 bridgehead atoms. The van der Waals surface area contributed by atoms with Gasteiger partial charge in [-0.25, -0.2) is 0 Å². The highest BCUT2D eigenvalue weighted by atomic mass is 35.5. The van der Waals surface area contributed by atoms with Crippen LogP contribution in [0.1, 0.15) is 32.8 Å². The van der Waals surface area contributed by atoms with E-state index < -0.39 is 0 Å². The minimum Gasteiger partial charge on any atom is -0.365 e. The molecule has 2 nitrogen and oxygen atoms in total. The van der Waals surface area contributed by atoms with Crippen molar-refractivity contribution in [3.8, 4) is 0 Å². The molecule has 1 aromatic rings. The molecule has 1 aliphatic heterocycles. The molecular formula is C15H23ClN2. The van der Waals surface area contributed by atoms with E-state index in [-0.39, 0.29) is 5.54 Å². The van der Waals surface area contributed by atoms with Crippen molar-refractivity contribution < 1.29 is 0 Å². The van der Waals surface area contributed by atoms with E-state index in [1.165, 1.54) is 5.56 Å². The first kappa shape index (κ1) is 13.7. The van der Waals surface area contributed by atoms with Crippen LogP contribution in [0.3, 0.4) is 0 Å². The largest absolute Gasteiger partial charge is 0.365 e. The summed E-state index contributed by atoms with van der Waals surface area (Å²) in [5.74, 6) is 0. The fourth-order valence-corrected chi connectivity index (χ4v) is 2.84. The molecule has 18 heavy (non-hydrogen) atoms.